The Labute approximate surface area is 103 Å². The molecule has 0 aliphatic carbocycles. The summed E-state index contributed by atoms with van der Waals surface area (Å²) < 4.78 is 4.89. The molecule has 4 nitrogen and oxygen atoms in total. The minimum absolute atomic E-state index is 0.214. The lowest BCUT2D eigenvalue weighted by Gasteiger charge is -1.97. The fourth-order valence-corrected chi connectivity index (χ4v) is 2.25. The van der Waals surface area contributed by atoms with Crippen molar-refractivity contribution in [3.05, 3.63) is 35.6 Å². The van der Waals surface area contributed by atoms with Gasteiger partial charge in [0.15, 0.2) is 0 Å². The predicted octanol–water partition coefficient (Wildman–Crippen LogP) is 2.31. The molecule has 0 atom stereocenters. The summed E-state index contributed by atoms with van der Waals surface area (Å²) >= 11 is 1.49. The van der Waals surface area contributed by atoms with Gasteiger partial charge < -0.3 is 4.74 Å². The van der Waals surface area contributed by atoms with Gasteiger partial charge in [0.25, 0.3) is 0 Å². The van der Waals surface area contributed by atoms with Crippen LogP contribution >= 0.6 is 11.3 Å². The van der Waals surface area contributed by atoms with Crippen molar-refractivity contribution in [2.75, 3.05) is 6.61 Å². The van der Waals surface area contributed by atoms with Crippen LogP contribution in [-0.4, -0.2) is 22.5 Å². The summed E-state index contributed by atoms with van der Waals surface area (Å²) in [6.07, 6.45) is 5.47. The van der Waals surface area contributed by atoms with Gasteiger partial charge in [0, 0.05) is 29.0 Å². The second-order valence-corrected chi connectivity index (χ2v) is 4.47. The van der Waals surface area contributed by atoms with Crippen LogP contribution in [0.3, 0.4) is 0 Å². The van der Waals surface area contributed by atoms with E-state index in [0.29, 0.717) is 6.61 Å². The maximum atomic E-state index is 11.3. The average molecular weight is 248 g/mol. The van der Waals surface area contributed by atoms with Crippen molar-refractivity contribution in [1.82, 2.24) is 9.97 Å². The predicted molar refractivity (Wildman–Crippen MR) is 65.7 cm³/mol. The van der Waals surface area contributed by atoms with Crippen molar-refractivity contribution in [3.63, 3.8) is 0 Å². The molecule has 0 N–H and O–H groups in total. The Bertz CT molecular complexity index is 496. The zero-order chi connectivity index (χ0) is 12.1. The first-order chi connectivity index (χ1) is 8.29. The van der Waals surface area contributed by atoms with Crippen molar-refractivity contribution in [2.45, 2.75) is 13.3 Å². The molecule has 0 aliphatic rings. The molecule has 0 aliphatic heterocycles. The molecule has 0 fully saturated rings. The maximum absolute atomic E-state index is 11.3. The van der Waals surface area contributed by atoms with E-state index in [-0.39, 0.29) is 12.4 Å². The van der Waals surface area contributed by atoms with Crippen LogP contribution in [0.4, 0.5) is 0 Å². The lowest BCUT2D eigenvalue weighted by molar-refractivity contribution is -0.142. The normalized spacial score (nSPS) is 10.2. The number of aromatic nitrogens is 2. The largest absolute Gasteiger partial charge is 0.466 e. The summed E-state index contributed by atoms with van der Waals surface area (Å²) in [5.74, 6) is -0.214. The van der Waals surface area contributed by atoms with Crippen LogP contribution in [0.15, 0.2) is 30.7 Å². The lowest BCUT2D eigenvalue weighted by Crippen LogP contribution is -2.06. The fourth-order valence-electron chi connectivity index (χ4n) is 1.37. The van der Waals surface area contributed by atoms with Crippen LogP contribution < -0.4 is 0 Å². The van der Waals surface area contributed by atoms with Crippen LogP contribution in [-0.2, 0) is 16.0 Å². The molecule has 17 heavy (non-hydrogen) atoms. The number of esters is 1. The van der Waals surface area contributed by atoms with E-state index in [1.165, 1.54) is 11.3 Å². The quantitative estimate of drug-likeness (QED) is 0.779. The van der Waals surface area contributed by atoms with Crippen LogP contribution in [0, 0.1) is 0 Å². The smallest absolute Gasteiger partial charge is 0.311 e. The van der Waals surface area contributed by atoms with E-state index in [1.807, 2.05) is 12.1 Å². The molecular formula is C12H12N2O2S. The van der Waals surface area contributed by atoms with Gasteiger partial charge >= 0.3 is 5.97 Å². The number of hydrogen-bond acceptors (Lipinski definition) is 5. The molecule has 5 heteroatoms. The molecular weight excluding hydrogens is 236 g/mol. The van der Waals surface area contributed by atoms with Crippen molar-refractivity contribution < 1.29 is 9.53 Å². The third kappa shape index (κ3) is 3.10. The van der Waals surface area contributed by atoms with Gasteiger partial charge in [-0.25, -0.2) is 4.98 Å². The number of pyridine rings is 1. The van der Waals surface area contributed by atoms with Crippen LogP contribution in [0.25, 0.3) is 10.6 Å². The van der Waals surface area contributed by atoms with Gasteiger partial charge in [0.05, 0.1) is 13.0 Å². The highest BCUT2D eigenvalue weighted by Crippen LogP contribution is 2.24. The molecule has 2 aromatic rings. The van der Waals surface area contributed by atoms with Crippen molar-refractivity contribution in [2.24, 2.45) is 0 Å². The van der Waals surface area contributed by atoms with Crippen molar-refractivity contribution in [3.8, 4) is 10.6 Å². The molecule has 2 aromatic heterocycles. The number of thiazole rings is 1. The second-order valence-electron chi connectivity index (χ2n) is 3.36. The first-order valence-electron chi connectivity index (χ1n) is 5.30. The molecule has 88 valence electrons. The molecule has 2 heterocycles. The molecule has 0 saturated heterocycles. The topological polar surface area (TPSA) is 52.1 Å². The zero-order valence-electron chi connectivity index (χ0n) is 9.42. The third-order valence-corrected chi connectivity index (χ3v) is 3.13. The first-order valence-corrected chi connectivity index (χ1v) is 6.12. The minimum Gasteiger partial charge on any atom is -0.466 e. The molecule has 0 bridgehead atoms. The number of hydrogen-bond donors (Lipinski definition) is 0. The summed E-state index contributed by atoms with van der Waals surface area (Å²) in [4.78, 5) is 20.5. The van der Waals surface area contributed by atoms with Gasteiger partial charge in [-0.2, -0.15) is 0 Å². The third-order valence-electron chi connectivity index (χ3n) is 2.09. The van der Waals surface area contributed by atoms with E-state index in [0.717, 1.165) is 15.4 Å². The molecule has 0 amide bonds. The van der Waals surface area contributed by atoms with Crippen molar-refractivity contribution in [1.29, 1.82) is 0 Å². The number of nitrogens with zero attached hydrogens (tertiary/aromatic N) is 2. The van der Waals surface area contributed by atoms with E-state index in [4.69, 9.17) is 4.74 Å². The summed E-state index contributed by atoms with van der Waals surface area (Å²) in [7, 11) is 0. The Balaban J connectivity index is 2.09. The summed E-state index contributed by atoms with van der Waals surface area (Å²) in [6, 6.07) is 3.81. The molecule has 0 spiro atoms. The van der Waals surface area contributed by atoms with Crippen LogP contribution in [0.1, 0.15) is 11.8 Å². The van der Waals surface area contributed by atoms with Gasteiger partial charge in [-0.15, -0.1) is 11.3 Å². The van der Waals surface area contributed by atoms with E-state index in [1.54, 1.807) is 25.5 Å². The highest BCUT2D eigenvalue weighted by Gasteiger charge is 2.09. The van der Waals surface area contributed by atoms with Gasteiger partial charge in [-0.3, -0.25) is 9.78 Å². The second kappa shape index (κ2) is 5.54. The number of ether oxygens (including phenoxy) is 1. The molecule has 0 aromatic carbocycles. The SMILES string of the molecule is CCOC(=O)Cc1cnc(-c2cccnc2)s1. The summed E-state index contributed by atoms with van der Waals surface area (Å²) in [6.45, 7) is 2.21. The Hall–Kier alpha value is -1.75. The van der Waals surface area contributed by atoms with Gasteiger partial charge in [0.1, 0.15) is 5.01 Å². The van der Waals surface area contributed by atoms with Crippen molar-refractivity contribution >= 4 is 17.3 Å². The maximum Gasteiger partial charge on any atom is 0.311 e. The van der Waals surface area contributed by atoms with Crippen LogP contribution in [0.2, 0.25) is 0 Å². The van der Waals surface area contributed by atoms with E-state index in [2.05, 4.69) is 9.97 Å². The molecule has 0 saturated carbocycles. The fraction of sp³-hybridized carbons (Fsp3) is 0.250. The number of rotatable bonds is 4. The zero-order valence-corrected chi connectivity index (χ0v) is 10.2. The summed E-state index contributed by atoms with van der Waals surface area (Å²) in [5, 5.41) is 0.873. The number of carbonyl (C=O) groups excluding carboxylic acids is 1. The van der Waals surface area contributed by atoms with E-state index in [9.17, 15) is 4.79 Å². The summed E-state index contributed by atoms with van der Waals surface area (Å²) in [5.41, 5.74) is 0.965. The molecule has 2 rings (SSSR count). The molecule has 0 radical (unpaired) electrons. The molecule has 0 unspecified atom stereocenters. The Kier molecular flexibility index (Phi) is 3.82. The highest BCUT2D eigenvalue weighted by molar-refractivity contribution is 7.15. The average Bonchev–Trinajstić information content (AvgIpc) is 2.79. The Morgan fingerprint density at radius 1 is 1.47 bits per heavy atom. The van der Waals surface area contributed by atoms with Gasteiger partial charge in [-0.1, -0.05) is 0 Å². The lowest BCUT2D eigenvalue weighted by atomic mass is 10.3. The first kappa shape index (κ1) is 11.7. The monoisotopic (exact) mass is 248 g/mol. The van der Waals surface area contributed by atoms with Crippen LogP contribution in [0.5, 0.6) is 0 Å². The Morgan fingerprint density at radius 2 is 2.35 bits per heavy atom. The van der Waals surface area contributed by atoms with E-state index >= 15 is 0 Å². The Morgan fingerprint density at radius 3 is 3.06 bits per heavy atom. The van der Waals surface area contributed by atoms with Gasteiger partial charge in [-0.05, 0) is 19.1 Å². The number of carbonyl (C=O) groups is 1. The van der Waals surface area contributed by atoms with Gasteiger partial charge in [0.2, 0.25) is 0 Å². The van der Waals surface area contributed by atoms with E-state index < -0.39 is 0 Å². The highest BCUT2D eigenvalue weighted by atomic mass is 32.1. The minimum atomic E-state index is -0.214. The standard InChI is InChI=1S/C12H12N2O2S/c1-2-16-11(15)6-10-8-14-12(17-10)9-4-3-5-13-7-9/h3-5,7-8H,2,6H2,1H3.